The first kappa shape index (κ1) is 22.8. The monoisotopic (exact) mass is 488 g/mol. The molecule has 1 heterocycles. The van der Waals surface area contributed by atoms with Gasteiger partial charge in [-0.3, -0.25) is 9.10 Å². The van der Waals surface area contributed by atoms with E-state index in [2.05, 4.69) is 5.32 Å². The van der Waals surface area contributed by atoms with Crippen molar-refractivity contribution >= 4 is 38.9 Å². The number of nitrogens with one attached hydrogen (secondary N) is 1. The first-order valence-corrected chi connectivity index (χ1v) is 11.7. The van der Waals surface area contributed by atoms with E-state index in [1.165, 1.54) is 32.4 Å². The van der Waals surface area contributed by atoms with Crippen LogP contribution in [-0.2, 0) is 10.0 Å². The molecule has 4 rings (SSSR count). The van der Waals surface area contributed by atoms with E-state index < -0.39 is 15.9 Å². The van der Waals surface area contributed by atoms with Crippen LogP contribution in [0.2, 0.25) is 5.02 Å². The van der Waals surface area contributed by atoms with E-state index in [0.29, 0.717) is 41.8 Å². The maximum atomic E-state index is 13.2. The first-order valence-electron chi connectivity index (χ1n) is 9.93. The Hall–Kier alpha value is -3.43. The summed E-state index contributed by atoms with van der Waals surface area (Å²) in [6.07, 6.45) is 0. The Morgan fingerprint density at radius 3 is 2.39 bits per heavy atom. The smallest absolute Gasteiger partial charge is 0.264 e. The Bertz CT molecular complexity index is 1290. The summed E-state index contributed by atoms with van der Waals surface area (Å²) < 4.78 is 43.6. The predicted molar refractivity (Wildman–Crippen MR) is 125 cm³/mol. The number of hydrogen-bond acceptors (Lipinski definition) is 6. The number of sulfonamides is 1. The van der Waals surface area contributed by atoms with Crippen molar-refractivity contribution in [1.29, 1.82) is 0 Å². The first-order chi connectivity index (χ1) is 15.8. The standard InChI is InChI=1S/C23H21ClN2O6S/c1-26(16-4-6-17(30-2)7-5-16)33(28,29)18-8-9-20(24)19(14-18)23(27)25-15-3-10-21-22(13-15)32-12-11-31-21/h3-10,13-14H,11-12H2,1-2H3,(H,25,27). The summed E-state index contributed by atoms with van der Waals surface area (Å²) in [6.45, 7) is 0.873. The van der Waals surface area contributed by atoms with Gasteiger partial charge in [-0.05, 0) is 54.6 Å². The largest absolute Gasteiger partial charge is 0.497 e. The number of carbonyl (C=O) groups excluding carboxylic acids is 1. The third kappa shape index (κ3) is 4.69. The van der Waals surface area contributed by atoms with Gasteiger partial charge in [0.05, 0.1) is 28.3 Å². The Kier molecular flexibility index (Phi) is 6.35. The summed E-state index contributed by atoms with van der Waals surface area (Å²) in [5, 5.41) is 2.84. The highest BCUT2D eigenvalue weighted by molar-refractivity contribution is 7.92. The normalized spacial score (nSPS) is 12.7. The number of benzene rings is 3. The molecule has 0 unspecified atom stereocenters. The fourth-order valence-corrected chi connectivity index (χ4v) is 4.67. The Morgan fingerprint density at radius 2 is 1.70 bits per heavy atom. The zero-order chi connectivity index (χ0) is 23.6. The molecule has 0 saturated carbocycles. The SMILES string of the molecule is COc1ccc(N(C)S(=O)(=O)c2ccc(Cl)c(C(=O)Nc3ccc4c(c3)OCCO4)c2)cc1. The number of halogens is 1. The van der Waals surface area contributed by atoms with Gasteiger partial charge >= 0.3 is 0 Å². The van der Waals surface area contributed by atoms with Gasteiger partial charge in [0.1, 0.15) is 19.0 Å². The molecule has 10 heteroatoms. The molecule has 0 atom stereocenters. The molecule has 0 radical (unpaired) electrons. The number of amides is 1. The number of hydrogen-bond donors (Lipinski definition) is 1. The lowest BCUT2D eigenvalue weighted by atomic mass is 10.2. The Morgan fingerprint density at radius 1 is 1.00 bits per heavy atom. The molecule has 1 aliphatic heterocycles. The van der Waals surface area contributed by atoms with Crippen LogP contribution in [0.1, 0.15) is 10.4 Å². The average Bonchev–Trinajstić information content (AvgIpc) is 2.83. The summed E-state index contributed by atoms with van der Waals surface area (Å²) in [5.74, 6) is 1.16. The number of methoxy groups -OCH3 is 1. The molecule has 0 aliphatic carbocycles. The third-order valence-electron chi connectivity index (χ3n) is 5.08. The van der Waals surface area contributed by atoms with E-state index in [0.717, 1.165) is 4.31 Å². The van der Waals surface area contributed by atoms with Crippen LogP contribution in [0.15, 0.2) is 65.6 Å². The molecule has 1 amide bonds. The summed E-state index contributed by atoms with van der Waals surface area (Å²) in [7, 11) is -0.992. The summed E-state index contributed by atoms with van der Waals surface area (Å²) in [4.78, 5) is 12.8. The molecule has 1 aliphatic rings. The van der Waals surface area contributed by atoms with Gasteiger partial charge in [-0.25, -0.2) is 8.42 Å². The molecular formula is C23H21ClN2O6S. The number of nitrogens with zero attached hydrogens (tertiary/aromatic N) is 1. The minimum atomic E-state index is -3.95. The van der Waals surface area contributed by atoms with Crippen molar-refractivity contribution in [2.75, 3.05) is 37.0 Å². The average molecular weight is 489 g/mol. The minimum absolute atomic E-state index is 0.0239. The number of carbonyl (C=O) groups is 1. The quantitative estimate of drug-likeness (QED) is 0.559. The molecule has 0 spiro atoms. The summed E-state index contributed by atoms with van der Waals surface area (Å²) in [5.41, 5.74) is 0.924. The van der Waals surface area contributed by atoms with Crippen LogP contribution >= 0.6 is 11.6 Å². The predicted octanol–water partition coefficient (Wildman–Crippen LogP) is 4.20. The molecule has 8 nitrogen and oxygen atoms in total. The lowest BCUT2D eigenvalue weighted by molar-refractivity contribution is 0.102. The van der Waals surface area contributed by atoms with Gasteiger partial charge < -0.3 is 19.5 Å². The van der Waals surface area contributed by atoms with Crippen LogP contribution < -0.4 is 23.8 Å². The summed E-state index contributed by atoms with van der Waals surface area (Å²) in [6, 6.07) is 15.6. The van der Waals surface area contributed by atoms with Gasteiger partial charge in [0.2, 0.25) is 0 Å². The Balaban J connectivity index is 1.59. The van der Waals surface area contributed by atoms with Gasteiger partial charge in [0, 0.05) is 18.8 Å². The van der Waals surface area contributed by atoms with Gasteiger partial charge in [-0.2, -0.15) is 0 Å². The fourth-order valence-electron chi connectivity index (χ4n) is 3.25. The molecule has 3 aromatic rings. The molecular weight excluding hydrogens is 468 g/mol. The van der Waals surface area contributed by atoms with Crippen LogP contribution in [0.3, 0.4) is 0 Å². The molecule has 3 aromatic carbocycles. The zero-order valence-corrected chi connectivity index (χ0v) is 19.4. The molecule has 0 bridgehead atoms. The van der Waals surface area contributed by atoms with Crippen molar-refractivity contribution in [1.82, 2.24) is 0 Å². The van der Waals surface area contributed by atoms with Crippen LogP contribution in [-0.4, -0.2) is 41.7 Å². The maximum Gasteiger partial charge on any atom is 0.264 e. The molecule has 1 N–H and O–H groups in total. The highest BCUT2D eigenvalue weighted by Gasteiger charge is 2.24. The number of fused-ring (bicyclic) bond motifs is 1. The van der Waals surface area contributed by atoms with Crippen LogP contribution in [0.5, 0.6) is 17.2 Å². The number of ether oxygens (including phenoxy) is 3. The zero-order valence-electron chi connectivity index (χ0n) is 17.9. The lowest BCUT2D eigenvalue weighted by Crippen LogP contribution is -2.27. The lowest BCUT2D eigenvalue weighted by Gasteiger charge is -2.20. The van der Waals surface area contributed by atoms with Crippen molar-refractivity contribution in [2.24, 2.45) is 0 Å². The van der Waals surface area contributed by atoms with Crippen molar-refractivity contribution in [3.8, 4) is 17.2 Å². The summed E-state index contributed by atoms with van der Waals surface area (Å²) >= 11 is 6.22. The second-order valence-corrected chi connectivity index (χ2v) is 9.50. The van der Waals surface area contributed by atoms with Crippen molar-refractivity contribution < 1.29 is 27.4 Å². The highest BCUT2D eigenvalue weighted by atomic mass is 35.5. The van der Waals surface area contributed by atoms with Crippen LogP contribution in [0.25, 0.3) is 0 Å². The highest BCUT2D eigenvalue weighted by Crippen LogP contribution is 2.33. The van der Waals surface area contributed by atoms with E-state index in [9.17, 15) is 13.2 Å². The number of rotatable bonds is 6. The molecule has 0 fully saturated rings. The molecule has 172 valence electrons. The van der Waals surface area contributed by atoms with Gasteiger partial charge in [0.15, 0.2) is 11.5 Å². The third-order valence-corrected chi connectivity index (χ3v) is 7.19. The van der Waals surface area contributed by atoms with Gasteiger partial charge in [-0.15, -0.1) is 0 Å². The van der Waals surface area contributed by atoms with Gasteiger partial charge in [-0.1, -0.05) is 11.6 Å². The fraction of sp³-hybridized carbons (Fsp3) is 0.174. The second kappa shape index (κ2) is 9.21. The second-order valence-electron chi connectivity index (χ2n) is 7.12. The van der Waals surface area contributed by atoms with E-state index in [4.69, 9.17) is 25.8 Å². The van der Waals surface area contributed by atoms with E-state index in [1.807, 2.05) is 0 Å². The van der Waals surface area contributed by atoms with E-state index >= 15 is 0 Å². The van der Waals surface area contributed by atoms with Crippen molar-refractivity contribution in [2.45, 2.75) is 4.90 Å². The molecule has 33 heavy (non-hydrogen) atoms. The molecule has 0 saturated heterocycles. The van der Waals surface area contributed by atoms with Crippen molar-refractivity contribution in [3.05, 3.63) is 71.2 Å². The Labute approximate surface area is 196 Å². The topological polar surface area (TPSA) is 94.2 Å². The van der Waals surface area contributed by atoms with Crippen LogP contribution in [0.4, 0.5) is 11.4 Å². The van der Waals surface area contributed by atoms with Crippen LogP contribution in [0, 0.1) is 0 Å². The number of anilines is 2. The van der Waals surface area contributed by atoms with Crippen molar-refractivity contribution in [3.63, 3.8) is 0 Å². The van der Waals surface area contributed by atoms with E-state index in [-0.39, 0.29) is 15.5 Å². The molecule has 0 aromatic heterocycles. The van der Waals surface area contributed by atoms with Gasteiger partial charge in [0.25, 0.3) is 15.9 Å². The van der Waals surface area contributed by atoms with E-state index in [1.54, 1.807) is 42.5 Å². The maximum absolute atomic E-state index is 13.2. The minimum Gasteiger partial charge on any atom is -0.497 e.